The number of carbonyl (C=O) groups is 1. The number of alkyl halides is 3. The van der Waals surface area contributed by atoms with Crippen LogP contribution in [0.25, 0.3) is 0 Å². The van der Waals surface area contributed by atoms with Crippen molar-refractivity contribution in [3.05, 3.63) is 59.2 Å². The predicted octanol–water partition coefficient (Wildman–Crippen LogP) is 8.96. The van der Waals surface area contributed by atoms with Gasteiger partial charge in [-0.25, -0.2) is 13.6 Å². The van der Waals surface area contributed by atoms with E-state index in [2.05, 4.69) is 11.7 Å². The average Bonchev–Trinajstić information content (AvgIpc) is 2.86. The molecule has 0 amide bonds. The van der Waals surface area contributed by atoms with Crippen LogP contribution in [0.2, 0.25) is 0 Å². The van der Waals surface area contributed by atoms with Crippen molar-refractivity contribution in [2.24, 2.45) is 17.8 Å². The van der Waals surface area contributed by atoms with Crippen LogP contribution >= 0.6 is 0 Å². The molecule has 2 aliphatic carbocycles. The van der Waals surface area contributed by atoms with Gasteiger partial charge in [-0.1, -0.05) is 38.7 Å². The molecule has 2 saturated carbocycles. The fourth-order valence-corrected chi connectivity index (χ4v) is 6.15. The second kappa shape index (κ2) is 11.8. The second-order valence-electron chi connectivity index (χ2n) is 10.5. The first kappa shape index (κ1) is 27.4. The summed E-state index contributed by atoms with van der Waals surface area (Å²) >= 11 is 0. The van der Waals surface area contributed by atoms with E-state index in [0.717, 1.165) is 55.1 Å². The second-order valence-corrected chi connectivity index (χ2v) is 10.5. The number of benzene rings is 2. The Morgan fingerprint density at radius 3 is 2.08 bits per heavy atom. The van der Waals surface area contributed by atoms with Gasteiger partial charge >= 0.3 is 12.3 Å². The van der Waals surface area contributed by atoms with Gasteiger partial charge in [0.2, 0.25) is 0 Å². The lowest BCUT2D eigenvalue weighted by molar-refractivity contribution is -0.275. The van der Waals surface area contributed by atoms with Crippen molar-refractivity contribution in [1.29, 1.82) is 0 Å². The zero-order valence-electron chi connectivity index (χ0n) is 21.0. The Morgan fingerprint density at radius 2 is 1.51 bits per heavy atom. The normalized spacial score (nSPS) is 24.5. The first-order valence-corrected chi connectivity index (χ1v) is 13.2. The molecule has 0 aliphatic heterocycles. The van der Waals surface area contributed by atoms with E-state index >= 15 is 0 Å². The van der Waals surface area contributed by atoms with Gasteiger partial charge in [-0.15, -0.1) is 13.2 Å². The summed E-state index contributed by atoms with van der Waals surface area (Å²) in [5.41, 5.74) is 0.524. The van der Waals surface area contributed by atoms with Gasteiger partial charge in [0.15, 0.2) is 11.6 Å². The maximum Gasteiger partial charge on any atom is 0.573 e. The zero-order valence-corrected chi connectivity index (χ0v) is 21.0. The summed E-state index contributed by atoms with van der Waals surface area (Å²) in [5, 5.41) is 0. The first-order chi connectivity index (χ1) is 17.6. The Balaban J connectivity index is 1.32. The van der Waals surface area contributed by atoms with Crippen LogP contribution in [0.3, 0.4) is 0 Å². The maximum atomic E-state index is 14.8. The molecule has 2 aliphatic rings. The summed E-state index contributed by atoms with van der Waals surface area (Å²) in [6.07, 6.45) is 7.16. The summed E-state index contributed by atoms with van der Waals surface area (Å²) in [4.78, 5) is 12.4. The molecule has 3 nitrogen and oxygen atoms in total. The highest BCUT2D eigenvalue weighted by molar-refractivity contribution is 5.91. The Morgan fingerprint density at radius 1 is 0.865 bits per heavy atom. The van der Waals surface area contributed by atoms with Crippen molar-refractivity contribution < 1.29 is 36.2 Å². The number of ether oxygens (including phenoxy) is 2. The average molecular weight is 525 g/mol. The first-order valence-electron chi connectivity index (χ1n) is 13.2. The van der Waals surface area contributed by atoms with Crippen LogP contribution in [0.1, 0.15) is 93.0 Å². The summed E-state index contributed by atoms with van der Waals surface area (Å²) in [6.45, 7) is 2.26. The summed E-state index contributed by atoms with van der Waals surface area (Å²) < 4.78 is 74.1. The molecule has 2 aromatic rings. The van der Waals surface area contributed by atoms with Crippen LogP contribution in [0.5, 0.6) is 11.5 Å². The fraction of sp³-hybridized carbons (Fsp3) is 0.552. The summed E-state index contributed by atoms with van der Waals surface area (Å²) in [7, 11) is 0. The highest BCUT2D eigenvalue weighted by atomic mass is 19.4. The molecule has 0 bridgehead atoms. The van der Waals surface area contributed by atoms with E-state index in [1.54, 1.807) is 6.07 Å². The van der Waals surface area contributed by atoms with E-state index in [1.165, 1.54) is 50.7 Å². The summed E-state index contributed by atoms with van der Waals surface area (Å²) in [5.74, 6) is -1.89. The number of halogens is 5. The van der Waals surface area contributed by atoms with Crippen LogP contribution < -0.4 is 9.47 Å². The molecular formula is C29H33F5O3. The topological polar surface area (TPSA) is 35.5 Å². The van der Waals surface area contributed by atoms with Gasteiger partial charge < -0.3 is 9.47 Å². The van der Waals surface area contributed by atoms with Gasteiger partial charge in [0.1, 0.15) is 11.6 Å². The molecule has 37 heavy (non-hydrogen) atoms. The monoisotopic (exact) mass is 524 g/mol. The molecule has 2 fully saturated rings. The lowest BCUT2D eigenvalue weighted by Gasteiger charge is -2.38. The Hall–Kier alpha value is -2.64. The number of hydrogen-bond donors (Lipinski definition) is 0. The van der Waals surface area contributed by atoms with Crippen LogP contribution in [0, 0.1) is 29.4 Å². The molecule has 0 radical (unpaired) electrons. The molecule has 0 aromatic heterocycles. The molecular weight excluding hydrogens is 491 g/mol. The zero-order chi connectivity index (χ0) is 26.6. The Labute approximate surface area is 214 Å². The lowest BCUT2D eigenvalue weighted by atomic mass is 9.68. The van der Waals surface area contributed by atoms with E-state index in [-0.39, 0.29) is 17.2 Å². The number of carbonyl (C=O) groups excluding carboxylic acids is 1. The number of rotatable bonds is 7. The van der Waals surface area contributed by atoms with Crippen LogP contribution in [-0.2, 0) is 0 Å². The van der Waals surface area contributed by atoms with Crippen molar-refractivity contribution in [2.75, 3.05) is 0 Å². The SMILES string of the molecule is CCCC1CCC(C2CCC(c3ccc(C(=O)Oc4ccc(OC(F)(F)F)c(F)c4)c(F)c3)CC2)CC1. The third-order valence-electron chi connectivity index (χ3n) is 8.05. The molecule has 0 N–H and O–H groups in total. The van der Waals surface area contributed by atoms with Gasteiger partial charge in [0.05, 0.1) is 5.56 Å². The number of hydrogen-bond acceptors (Lipinski definition) is 3. The van der Waals surface area contributed by atoms with Crippen molar-refractivity contribution >= 4 is 5.97 Å². The predicted molar refractivity (Wildman–Crippen MR) is 129 cm³/mol. The maximum absolute atomic E-state index is 14.8. The minimum atomic E-state index is -5.06. The van der Waals surface area contributed by atoms with E-state index in [0.29, 0.717) is 12.1 Å². The van der Waals surface area contributed by atoms with Crippen LogP contribution in [-0.4, -0.2) is 12.3 Å². The Bertz CT molecular complexity index is 1070. The molecule has 2 aromatic carbocycles. The van der Waals surface area contributed by atoms with E-state index in [1.807, 2.05) is 0 Å². The third kappa shape index (κ3) is 7.23. The fourth-order valence-electron chi connectivity index (χ4n) is 6.15. The standard InChI is InChI=1S/C29H33F5O3/c1-2-3-18-4-6-19(7-5-18)20-8-10-21(11-9-20)22-12-14-24(25(30)16-22)28(35)36-23-13-15-27(26(31)17-23)37-29(32,33)34/h12-21H,2-11H2,1H3. The molecule has 0 atom stereocenters. The summed E-state index contributed by atoms with van der Waals surface area (Å²) in [6, 6.07) is 6.66. The van der Waals surface area contributed by atoms with Gasteiger partial charge in [0, 0.05) is 6.07 Å². The molecule has 0 heterocycles. The Kier molecular flexibility index (Phi) is 8.75. The molecule has 8 heteroatoms. The highest BCUT2D eigenvalue weighted by Crippen LogP contribution is 2.44. The third-order valence-corrected chi connectivity index (χ3v) is 8.05. The van der Waals surface area contributed by atoms with Gasteiger partial charge in [-0.3, -0.25) is 0 Å². The smallest absolute Gasteiger partial charge is 0.423 e. The number of esters is 1. The minimum absolute atomic E-state index is 0.238. The van der Waals surface area contributed by atoms with Gasteiger partial charge in [-0.2, -0.15) is 0 Å². The highest BCUT2D eigenvalue weighted by Gasteiger charge is 2.33. The molecule has 0 spiro atoms. The molecule has 0 saturated heterocycles. The van der Waals surface area contributed by atoms with Gasteiger partial charge in [0.25, 0.3) is 0 Å². The largest absolute Gasteiger partial charge is 0.573 e. The quantitative estimate of drug-likeness (QED) is 0.206. The van der Waals surface area contributed by atoms with Crippen LogP contribution in [0.4, 0.5) is 22.0 Å². The molecule has 4 rings (SSSR count). The molecule has 202 valence electrons. The van der Waals surface area contributed by atoms with E-state index < -0.39 is 29.7 Å². The van der Waals surface area contributed by atoms with Crippen molar-refractivity contribution in [1.82, 2.24) is 0 Å². The van der Waals surface area contributed by atoms with Crippen molar-refractivity contribution in [3.8, 4) is 11.5 Å². The van der Waals surface area contributed by atoms with Crippen LogP contribution in [0.15, 0.2) is 36.4 Å². The van der Waals surface area contributed by atoms with E-state index in [4.69, 9.17) is 4.74 Å². The van der Waals surface area contributed by atoms with E-state index in [9.17, 15) is 26.7 Å². The van der Waals surface area contributed by atoms with Crippen molar-refractivity contribution in [2.45, 2.75) is 83.4 Å². The lowest BCUT2D eigenvalue weighted by Crippen LogP contribution is -2.25. The molecule has 0 unspecified atom stereocenters. The van der Waals surface area contributed by atoms with Crippen molar-refractivity contribution in [3.63, 3.8) is 0 Å². The van der Waals surface area contributed by atoms with Gasteiger partial charge in [-0.05, 0) is 92.0 Å². The minimum Gasteiger partial charge on any atom is -0.423 e.